The SMILES string of the molecule is NC(/C=C/c1ccc(-c2ccc3[nH]ccc3c2)cc1)=Nc1ccc(Cl)cc1. The van der Waals surface area contributed by atoms with Crippen LogP contribution in [-0.4, -0.2) is 10.8 Å². The molecule has 4 heteroatoms. The van der Waals surface area contributed by atoms with E-state index in [-0.39, 0.29) is 0 Å². The fraction of sp³-hybridized carbons (Fsp3) is 0. The van der Waals surface area contributed by atoms with Crippen molar-refractivity contribution in [1.29, 1.82) is 0 Å². The largest absolute Gasteiger partial charge is 0.384 e. The summed E-state index contributed by atoms with van der Waals surface area (Å²) in [6.07, 6.45) is 5.71. The molecule has 3 N–H and O–H groups in total. The van der Waals surface area contributed by atoms with Crippen LogP contribution in [0, 0.1) is 0 Å². The zero-order valence-electron chi connectivity index (χ0n) is 14.6. The Morgan fingerprint density at radius 1 is 0.889 bits per heavy atom. The molecule has 0 radical (unpaired) electrons. The number of H-pyrrole nitrogens is 1. The summed E-state index contributed by atoms with van der Waals surface area (Å²) < 4.78 is 0. The summed E-state index contributed by atoms with van der Waals surface area (Å²) >= 11 is 5.87. The van der Waals surface area contributed by atoms with E-state index in [4.69, 9.17) is 17.3 Å². The first-order valence-corrected chi connectivity index (χ1v) is 9.00. The summed E-state index contributed by atoms with van der Waals surface area (Å²) in [5.41, 5.74) is 11.3. The van der Waals surface area contributed by atoms with Gasteiger partial charge in [-0.2, -0.15) is 0 Å². The second kappa shape index (κ2) is 7.52. The maximum Gasteiger partial charge on any atom is 0.124 e. The van der Waals surface area contributed by atoms with Crippen molar-refractivity contribution < 1.29 is 0 Å². The van der Waals surface area contributed by atoms with Crippen LogP contribution in [0.15, 0.2) is 90.1 Å². The average molecular weight is 372 g/mol. The lowest BCUT2D eigenvalue weighted by Crippen LogP contribution is -2.06. The Morgan fingerprint density at radius 2 is 1.63 bits per heavy atom. The predicted octanol–water partition coefficient (Wildman–Crippen LogP) is 6.19. The molecule has 0 aliphatic carbocycles. The zero-order chi connectivity index (χ0) is 18.6. The fourth-order valence-electron chi connectivity index (χ4n) is 2.90. The number of fused-ring (bicyclic) bond motifs is 1. The molecule has 0 unspecified atom stereocenters. The molecule has 0 aliphatic rings. The lowest BCUT2D eigenvalue weighted by Gasteiger charge is -2.03. The number of amidine groups is 1. The van der Waals surface area contributed by atoms with Crippen LogP contribution in [-0.2, 0) is 0 Å². The van der Waals surface area contributed by atoms with Crippen molar-refractivity contribution in [3.05, 3.63) is 95.7 Å². The second-order valence-electron chi connectivity index (χ2n) is 6.25. The van der Waals surface area contributed by atoms with Crippen LogP contribution >= 0.6 is 11.6 Å². The molecule has 0 fully saturated rings. The van der Waals surface area contributed by atoms with Gasteiger partial charge in [0.1, 0.15) is 5.84 Å². The van der Waals surface area contributed by atoms with E-state index in [9.17, 15) is 0 Å². The van der Waals surface area contributed by atoms with Gasteiger partial charge in [0.15, 0.2) is 0 Å². The number of rotatable bonds is 4. The first-order valence-electron chi connectivity index (χ1n) is 8.63. The molecule has 0 atom stereocenters. The van der Waals surface area contributed by atoms with Crippen molar-refractivity contribution in [2.24, 2.45) is 10.7 Å². The average Bonchev–Trinajstić information content (AvgIpc) is 3.16. The van der Waals surface area contributed by atoms with Gasteiger partial charge in [-0.3, -0.25) is 0 Å². The quantitative estimate of drug-likeness (QED) is 0.326. The molecule has 4 rings (SSSR count). The summed E-state index contributed by atoms with van der Waals surface area (Å²) in [5, 5.41) is 1.89. The molecule has 0 spiro atoms. The minimum Gasteiger partial charge on any atom is -0.384 e. The van der Waals surface area contributed by atoms with Gasteiger partial charge in [0.2, 0.25) is 0 Å². The van der Waals surface area contributed by atoms with Crippen LogP contribution in [0.25, 0.3) is 28.1 Å². The molecule has 3 nitrogen and oxygen atoms in total. The topological polar surface area (TPSA) is 54.2 Å². The molecular weight excluding hydrogens is 354 g/mol. The Labute approximate surface area is 162 Å². The van der Waals surface area contributed by atoms with Gasteiger partial charge in [-0.1, -0.05) is 48.0 Å². The third-order valence-corrected chi connectivity index (χ3v) is 4.58. The van der Waals surface area contributed by atoms with Crippen LogP contribution in [0.4, 0.5) is 5.69 Å². The number of benzene rings is 3. The number of aromatic nitrogens is 1. The molecule has 4 aromatic rings. The summed E-state index contributed by atoms with van der Waals surface area (Å²) in [6.45, 7) is 0. The monoisotopic (exact) mass is 371 g/mol. The Bertz CT molecular complexity index is 1120. The second-order valence-corrected chi connectivity index (χ2v) is 6.68. The lowest BCUT2D eigenvalue weighted by atomic mass is 10.0. The third-order valence-electron chi connectivity index (χ3n) is 4.33. The number of nitrogens with one attached hydrogen (secondary N) is 1. The van der Waals surface area contributed by atoms with Gasteiger partial charge in [0.25, 0.3) is 0 Å². The molecule has 27 heavy (non-hydrogen) atoms. The van der Waals surface area contributed by atoms with Crippen molar-refractivity contribution in [1.82, 2.24) is 4.98 Å². The molecule has 1 heterocycles. The Hall–Kier alpha value is -3.30. The number of aromatic amines is 1. The van der Waals surface area contributed by atoms with Gasteiger partial charge in [-0.05, 0) is 70.6 Å². The summed E-state index contributed by atoms with van der Waals surface area (Å²) in [6, 6.07) is 24.1. The zero-order valence-corrected chi connectivity index (χ0v) is 15.3. The first-order chi connectivity index (χ1) is 13.2. The number of nitrogens with zero attached hydrogens (tertiary/aromatic N) is 1. The standard InChI is InChI=1S/C23H18ClN3/c24-20-7-9-21(10-8-20)27-23(25)12-3-16-1-4-17(5-2-16)18-6-11-22-19(15-18)13-14-26-22/h1-15,26H,(H2,25,27)/b12-3+. The lowest BCUT2D eigenvalue weighted by molar-refractivity contribution is 1.48. The highest BCUT2D eigenvalue weighted by atomic mass is 35.5. The van der Waals surface area contributed by atoms with Crippen LogP contribution < -0.4 is 5.73 Å². The maximum atomic E-state index is 5.98. The van der Waals surface area contributed by atoms with E-state index >= 15 is 0 Å². The molecule has 3 aromatic carbocycles. The van der Waals surface area contributed by atoms with Crippen LogP contribution in [0.5, 0.6) is 0 Å². The smallest absolute Gasteiger partial charge is 0.124 e. The number of nitrogens with two attached hydrogens (primary N) is 1. The first kappa shape index (κ1) is 17.1. The van der Waals surface area contributed by atoms with Crippen molar-refractivity contribution in [3.63, 3.8) is 0 Å². The van der Waals surface area contributed by atoms with Gasteiger partial charge in [0.05, 0.1) is 5.69 Å². The number of halogens is 1. The number of hydrogen-bond donors (Lipinski definition) is 2. The summed E-state index contributed by atoms with van der Waals surface area (Å²) in [5.74, 6) is 0.444. The van der Waals surface area contributed by atoms with Gasteiger partial charge in [0, 0.05) is 16.7 Å². The van der Waals surface area contributed by atoms with Crippen molar-refractivity contribution in [2.75, 3.05) is 0 Å². The van der Waals surface area contributed by atoms with Crippen molar-refractivity contribution in [3.8, 4) is 11.1 Å². The Kier molecular flexibility index (Phi) is 4.77. The fourth-order valence-corrected chi connectivity index (χ4v) is 3.03. The van der Waals surface area contributed by atoms with Crippen molar-refractivity contribution >= 4 is 40.1 Å². The van der Waals surface area contributed by atoms with E-state index in [1.807, 2.05) is 24.4 Å². The Morgan fingerprint density at radius 3 is 2.41 bits per heavy atom. The normalized spacial score (nSPS) is 12.1. The molecule has 0 amide bonds. The highest BCUT2D eigenvalue weighted by Gasteiger charge is 2.00. The van der Waals surface area contributed by atoms with E-state index < -0.39 is 0 Å². The van der Waals surface area contributed by atoms with Crippen LogP contribution in [0.3, 0.4) is 0 Å². The van der Waals surface area contributed by atoms with E-state index in [2.05, 4.69) is 58.5 Å². The molecule has 0 bridgehead atoms. The van der Waals surface area contributed by atoms with E-state index in [1.165, 1.54) is 16.5 Å². The van der Waals surface area contributed by atoms with Crippen LogP contribution in [0.1, 0.15) is 5.56 Å². The van der Waals surface area contributed by atoms with E-state index in [1.54, 1.807) is 18.2 Å². The van der Waals surface area contributed by atoms with Gasteiger partial charge < -0.3 is 10.7 Å². The van der Waals surface area contributed by atoms with E-state index in [0.29, 0.717) is 10.9 Å². The molecule has 132 valence electrons. The predicted molar refractivity (Wildman–Crippen MR) is 116 cm³/mol. The van der Waals surface area contributed by atoms with Crippen LogP contribution in [0.2, 0.25) is 5.02 Å². The third kappa shape index (κ3) is 4.10. The summed E-state index contributed by atoms with van der Waals surface area (Å²) in [7, 11) is 0. The number of aliphatic imine (C=N–C) groups is 1. The maximum absolute atomic E-state index is 5.98. The van der Waals surface area contributed by atoms with E-state index in [0.717, 1.165) is 16.8 Å². The molecular formula is C23H18ClN3. The van der Waals surface area contributed by atoms with Gasteiger partial charge >= 0.3 is 0 Å². The van der Waals surface area contributed by atoms with Gasteiger partial charge in [-0.15, -0.1) is 0 Å². The summed E-state index contributed by atoms with van der Waals surface area (Å²) in [4.78, 5) is 7.57. The molecule has 0 aliphatic heterocycles. The minimum atomic E-state index is 0.444. The van der Waals surface area contributed by atoms with Crippen molar-refractivity contribution in [2.45, 2.75) is 0 Å². The molecule has 0 saturated heterocycles. The van der Waals surface area contributed by atoms with Gasteiger partial charge in [-0.25, -0.2) is 4.99 Å². The highest BCUT2D eigenvalue weighted by Crippen LogP contribution is 2.24. The minimum absolute atomic E-state index is 0.444. The molecule has 1 aromatic heterocycles. The molecule has 0 saturated carbocycles. The Balaban J connectivity index is 1.49. The number of hydrogen-bond acceptors (Lipinski definition) is 1. The highest BCUT2D eigenvalue weighted by molar-refractivity contribution is 6.30.